The molecule has 2 N–H and O–H groups in total. The number of aromatic nitrogens is 2. The third-order valence-corrected chi connectivity index (χ3v) is 7.73. The van der Waals surface area contributed by atoms with Crippen molar-refractivity contribution in [2.45, 2.75) is 57.9 Å². The zero-order chi connectivity index (χ0) is 26.7. The zero-order valence-electron chi connectivity index (χ0n) is 20.3. The van der Waals surface area contributed by atoms with Gasteiger partial charge in [0.2, 0.25) is 0 Å². The van der Waals surface area contributed by atoms with Gasteiger partial charge in [-0.2, -0.15) is 0 Å². The first-order valence-corrected chi connectivity index (χ1v) is 13.5. The van der Waals surface area contributed by atoms with Gasteiger partial charge in [0.1, 0.15) is 22.1 Å². The maximum atomic E-state index is 15.2. The van der Waals surface area contributed by atoms with Crippen molar-refractivity contribution in [3.8, 4) is 5.75 Å². The quantitative estimate of drug-likeness (QED) is 0.261. The van der Waals surface area contributed by atoms with Crippen molar-refractivity contribution in [2.75, 3.05) is 12.8 Å². The number of aromatic amines is 1. The molecule has 1 saturated heterocycles. The van der Waals surface area contributed by atoms with Crippen LogP contribution in [-0.2, 0) is 23.4 Å². The molecule has 0 aliphatic carbocycles. The summed E-state index contributed by atoms with van der Waals surface area (Å²) in [7, 11) is -4.04. The summed E-state index contributed by atoms with van der Waals surface area (Å²) in [6.45, 7) is 5.49. The molecule has 6 atom stereocenters. The predicted molar refractivity (Wildman–Crippen MR) is 131 cm³/mol. The third-order valence-electron chi connectivity index (χ3n) is 5.47. The van der Waals surface area contributed by atoms with E-state index in [4.69, 9.17) is 30.7 Å². The first kappa shape index (κ1) is 28.2. The second kappa shape index (κ2) is 11.4. The molecule has 0 radical (unpaired) electrons. The number of alkyl halides is 1. The van der Waals surface area contributed by atoms with Gasteiger partial charge in [-0.1, -0.05) is 37.3 Å². The van der Waals surface area contributed by atoms with Crippen LogP contribution in [0.5, 0.6) is 5.75 Å². The van der Waals surface area contributed by atoms with Gasteiger partial charge in [0.05, 0.1) is 24.8 Å². The molecule has 2 unspecified atom stereocenters. The smallest absolute Gasteiger partial charge is 0.380 e. The minimum absolute atomic E-state index is 0.162. The molecule has 0 spiro atoms. The maximum absolute atomic E-state index is 15.2. The molecule has 0 amide bonds. The van der Waals surface area contributed by atoms with Gasteiger partial charge < -0.3 is 19.1 Å². The van der Waals surface area contributed by atoms with Gasteiger partial charge in [0, 0.05) is 6.20 Å². The van der Waals surface area contributed by atoms with Crippen LogP contribution in [0.1, 0.15) is 33.9 Å². The lowest BCUT2D eigenvalue weighted by atomic mass is 9.98. The van der Waals surface area contributed by atoms with Crippen molar-refractivity contribution in [1.82, 2.24) is 9.55 Å². The van der Waals surface area contributed by atoms with E-state index in [1.807, 2.05) is 0 Å². The molecule has 3 rings (SSSR count). The second-order valence-electron chi connectivity index (χ2n) is 9.05. The number of carbonyl (C=O) groups excluding carboxylic acids is 1. The number of carbonyl (C=O) groups is 1. The number of aliphatic hydroxyl groups is 1. The van der Waals surface area contributed by atoms with Crippen molar-refractivity contribution < 1.29 is 37.4 Å². The lowest BCUT2D eigenvalue weighted by molar-refractivity contribution is -0.151. The van der Waals surface area contributed by atoms with E-state index in [-0.39, 0.29) is 22.7 Å². The van der Waals surface area contributed by atoms with Crippen molar-refractivity contribution >= 4 is 25.8 Å². The van der Waals surface area contributed by atoms with E-state index in [0.29, 0.717) is 0 Å². The van der Waals surface area contributed by atoms with Crippen LogP contribution in [0.4, 0.5) is 4.39 Å². The average Bonchev–Trinajstić information content (AvgIpc) is 3.01. The van der Waals surface area contributed by atoms with E-state index < -0.39 is 55.9 Å². The fourth-order valence-electron chi connectivity index (χ4n) is 3.67. The number of hydrogen-bond acceptors (Lipinski definition) is 9. The minimum Gasteiger partial charge on any atom is -0.463 e. The van der Waals surface area contributed by atoms with Crippen molar-refractivity contribution in [3.05, 3.63) is 57.7 Å². The molecule has 0 bridgehead atoms. The van der Waals surface area contributed by atoms with Crippen LogP contribution >= 0.6 is 19.8 Å². The van der Waals surface area contributed by atoms with Crippen LogP contribution in [0.2, 0.25) is 0 Å². The highest BCUT2D eigenvalue weighted by Gasteiger charge is 2.55. The molecular weight excluding hydrogens is 514 g/mol. The van der Waals surface area contributed by atoms with Crippen molar-refractivity contribution in [3.63, 3.8) is 0 Å². The van der Waals surface area contributed by atoms with Crippen LogP contribution in [0, 0.1) is 10.6 Å². The Balaban J connectivity index is 1.80. The van der Waals surface area contributed by atoms with Crippen LogP contribution in [0.15, 0.2) is 47.4 Å². The number of benzene rings is 1. The number of rotatable bonds is 10. The van der Waals surface area contributed by atoms with E-state index in [1.54, 1.807) is 44.2 Å². The van der Waals surface area contributed by atoms with Crippen LogP contribution in [0.25, 0.3) is 0 Å². The zero-order valence-corrected chi connectivity index (χ0v) is 22.0. The molecule has 36 heavy (non-hydrogen) atoms. The van der Waals surface area contributed by atoms with E-state index in [2.05, 4.69) is 4.98 Å². The summed E-state index contributed by atoms with van der Waals surface area (Å²) in [5.41, 5.74) is -2.81. The predicted octanol–water partition coefficient (Wildman–Crippen LogP) is 3.77. The van der Waals surface area contributed by atoms with Crippen molar-refractivity contribution in [1.29, 1.82) is 0 Å². The Bertz CT molecular complexity index is 1220. The van der Waals surface area contributed by atoms with Crippen LogP contribution < -0.4 is 10.2 Å². The topological polar surface area (TPSA) is 129 Å². The molecule has 13 heteroatoms. The Morgan fingerprint density at radius 2 is 1.97 bits per heavy atom. The van der Waals surface area contributed by atoms with Gasteiger partial charge in [-0.3, -0.25) is 18.9 Å². The van der Waals surface area contributed by atoms with Gasteiger partial charge >= 0.3 is 19.3 Å². The molecule has 1 aromatic carbocycles. The summed E-state index contributed by atoms with van der Waals surface area (Å²) in [6.07, 6.45) is -4.25. The number of nitrogens with zero attached hydrogens (tertiary/aromatic N) is 1. The van der Waals surface area contributed by atoms with Gasteiger partial charge in [-0.15, -0.1) is 0 Å². The van der Waals surface area contributed by atoms with E-state index in [9.17, 15) is 19.3 Å². The maximum Gasteiger partial charge on any atom is 0.380 e. The summed E-state index contributed by atoms with van der Waals surface area (Å²) in [5, 5.41) is 10.8. The van der Waals surface area contributed by atoms with Crippen LogP contribution in [-0.4, -0.2) is 57.4 Å². The Kier molecular flexibility index (Phi) is 8.89. The molecule has 0 saturated carbocycles. The Morgan fingerprint density at radius 1 is 1.31 bits per heavy atom. The fourth-order valence-corrected chi connectivity index (χ4v) is 5.69. The summed E-state index contributed by atoms with van der Waals surface area (Å²) in [4.78, 5) is 27.0. The fraction of sp³-hybridized carbons (Fsp3) is 0.522. The van der Waals surface area contributed by atoms with Gasteiger partial charge in [-0.05, 0) is 39.0 Å². The summed E-state index contributed by atoms with van der Waals surface area (Å²) < 4.78 is 52.1. The number of halogens is 1. The van der Waals surface area contributed by atoms with Gasteiger partial charge in [-0.25, -0.2) is 13.8 Å². The Morgan fingerprint density at radius 3 is 2.58 bits per heavy atom. The van der Waals surface area contributed by atoms with E-state index in [0.717, 1.165) is 4.57 Å². The van der Waals surface area contributed by atoms with E-state index in [1.165, 1.54) is 26.1 Å². The summed E-state index contributed by atoms with van der Waals surface area (Å²) in [6, 6.07) is 9.58. The van der Waals surface area contributed by atoms with Gasteiger partial charge in [0.15, 0.2) is 12.4 Å². The molecule has 2 heterocycles. The van der Waals surface area contributed by atoms with Crippen LogP contribution in [0.3, 0.4) is 0 Å². The largest absolute Gasteiger partial charge is 0.463 e. The highest BCUT2D eigenvalue weighted by Crippen LogP contribution is 2.51. The molecule has 10 nitrogen and oxygen atoms in total. The number of nitrogens with one attached hydrogen (secondary N) is 1. The monoisotopic (exact) mass is 544 g/mol. The minimum atomic E-state index is -4.04. The van der Waals surface area contributed by atoms with Gasteiger partial charge in [0.25, 0.3) is 0 Å². The standard InChI is InChI=1S/C23H30FN2O8PS/c1-14(2)32-20(27)15(3)13-35(30,34-16-8-6-5-7-9-16)31-12-17-19(24)23(4,29)21(33-17)26-11-10-18(36)25-22(26)28/h5-11,14-15,17,19,21,29H,12-13H2,1-4H3,(H,25,28,36)/t15-,17-,19+,21-,23?,35?/m1/s1. The lowest BCUT2D eigenvalue weighted by Gasteiger charge is -2.26. The number of hydrogen-bond donors (Lipinski definition) is 2. The number of H-pyrrole nitrogens is 1. The molecule has 1 aliphatic rings. The molecule has 1 aliphatic heterocycles. The molecule has 198 valence electrons. The Labute approximate surface area is 212 Å². The highest BCUT2D eigenvalue weighted by atomic mass is 32.1. The summed E-state index contributed by atoms with van der Waals surface area (Å²) in [5.74, 6) is -1.21. The molecule has 1 aromatic heterocycles. The average molecular weight is 545 g/mol. The lowest BCUT2D eigenvalue weighted by Crippen LogP contribution is -2.44. The molecular formula is C23H30FN2O8PS. The first-order valence-electron chi connectivity index (χ1n) is 11.3. The second-order valence-corrected chi connectivity index (χ2v) is 11.5. The summed E-state index contributed by atoms with van der Waals surface area (Å²) >= 11 is 4.90. The normalized spacial score (nSPS) is 26.4. The third kappa shape index (κ3) is 6.68. The number of para-hydroxylation sites is 1. The SMILES string of the molecule is CC(C)OC(=O)[C@H](C)CP(=O)(OC[C@H]1O[C@@H](n2ccc(=S)[nH]c2=O)C(C)(O)[C@H]1F)Oc1ccccc1. The van der Waals surface area contributed by atoms with E-state index >= 15 is 4.39 Å². The van der Waals surface area contributed by atoms with Crippen molar-refractivity contribution in [2.24, 2.45) is 5.92 Å². The number of ether oxygens (including phenoxy) is 2. The first-order chi connectivity index (χ1) is 16.8. The molecule has 2 aromatic rings. The highest BCUT2D eigenvalue weighted by molar-refractivity contribution is 7.71. The number of esters is 1. The Hall–Kier alpha value is -2.37. The molecule has 1 fully saturated rings.